The van der Waals surface area contributed by atoms with Gasteiger partial charge < -0.3 is 16.0 Å². The summed E-state index contributed by atoms with van der Waals surface area (Å²) in [6, 6.07) is 4.71. The average Bonchev–Trinajstić information content (AvgIpc) is 2.40. The highest BCUT2D eigenvalue weighted by molar-refractivity contribution is 5.99. The first kappa shape index (κ1) is 15.4. The lowest BCUT2D eigenvalue weighted by atomic mass is 10.1. The van der Waals surface area contributed by atoms with Crippen molar-refractivity contribution in [2.24, 2.45) is 0 Å². The molecular formula is C14H22FN3O. The Morgan fingerprint density at radius 1 is 1.53 bits per heavy atom. The molecule has 3 N–H and O–H groups in total. The van der Waals surface area contributed by atoms with E-state index in [4.69, 9.17) is 5.73 Å². The number of rotatable bonds is 6. The van der Waals surface area contributed by atoms with Gasteiger partial charge in [0.2, 0.25) is 0 Å². The summed E-state index contributed by atoms with van der Waals surface area (Å²) in [6.45, 7) is 5.51. The van der Waals surface area contributed by atoms with Crippen LogP contribution in [0.25, 0.3) is 0 Å². The van der Waals surface area contributed by atoms with Crippen LogP contribution in [0.3, 0.4) is 0 Å². The van der Waals surface area contributed by atoms with Crippen LogP contribution < -0.4 is 11.1 Å². The fourth-order valence-corrected chi connectivity index (χ4v) is 1.71. The number of halogens is 1. The van der Waals surface area contributed by atoms with E-state index in [2.05, 4.69) is 24.1 Å². The molecule has 0 fully saturated rings. The highest BCUT2D eigenvalue weighted by Gasteiger charge is 2.12. The van der Waals surface area contributed by atoms with Gasteiger partial charge in [-0.25, -0.2) is 4.39 Å². The zero-order chi connectivity index (χ0) is 14.4. The van der Waals surface area contributed by atoms with E-state index in [1.165, 1.54) is 18.2 Å². The first-order valence-electron chi connectivity index (χ1n) is 6.49. The monoisotopic (exact) mass is 267 g/mol. The molecule has 4 nitrogen and oxygen atoms in total. The fourth-order valence-electron chi connectivity index (χ4n) is 1.71. The molecule has 1 aromatic rings. The lowest BCUT2D eigenvalue weighted by Gasteiger charge is -2.23. The highest BCUT2D eigenvalue weighted by Crippen LogP contribution is 2.15. The number of para-hydroxylation sites is 1. The quantitative estimate of drug-likeness (QED) is 0.774. The van der Waals surface area contributed by atoms with Gasteiger partial charge in [0.15, 0.2) is 0 Å². The number of carbonyl (C=O) groups excluding carboxylic acids is 1. The molecule has 0 aliphatic rings. The van der Waals surface area contributed by atoms with E-state index in [-0.39, 0.29) is 17.2 Å². The first-order valence-corrected chi connectivity index (χ1v) is 6.49. The van der Waals surface area contributed by atoms with Crippen LogP contribution >= 0.6 is 0 Å². The van der Waals surface area contributed by atoms with Crippen molar-refractivity contribution in [1.29, 1.82) is 0 Å². The van der Waals surface area contributed by atoms with Crippen LogP contribution in [0.2, 0.25) is 0 Å². The Hall–Kier alpha value is -1.62. The lowest BCUT2D eigenvalue weighted by Crippen LogP contribution is -2.37. The van der Waals surface area contributed by atoms with Gasteiger partial charge in [0.25, 0.3) is 5.91 Å². The number of nitrogen functional groups attached to an aromatic ring is 1. The summed E-state index contributed by atoms with van der Waals surface area (Å²) in [7, 11) is 2.01. The van der Waals surface area contributed by atoms with Crippen molar-refractivity contribution >= 4 is 11.6 Å². The number of amides is 1. The first-order chi connectivity index (χ1) is 8.97. The van der Waals surface area contributed by atoms with Crippen molar-refractivity contribution < 1.29 is 9.18 Å². The average molecular weight is 267 g/mol. The molecule has 0 heterocycles. The third-order valence-corrected chi connectivity index (χ3v) is 3.39. The molecule has 0 radical (unpaired) electrons. The maximum absolute atomic E-state index is 13.2. The van der Waals surface area contributed by atoms with E-state index in [1.807, 2.05) is 7.05 Å². The molecule has 0 bridgehead atoms. The van der Waals surface area contributed by atoms with Gasteiger partial charge >= 0.3 is 0 Å². The number of likely N-dealkylation sites (N-methyl/N-ethyl adjacent to an activating group) is 1. The second-order valence-corrected chi connectivity index (χ2v) is 4.69. The minimum absolute atomic E-state index is 0.102. The second kappa shape index (κ2) is 7.09. The zero-order valence-corrected chi connectivity index (χ0v) is 11.7. The van der Waals surface area contributed by atoms with E-state index in [0.29, 0.717) is 12.6 Å². The third-order valence-electron chi connectivity index (χ3n) is 3.39. The van der Waals surface area contributed by atoms with Crippen LogP contribution in [0.15, 0.2) is 18.2 Å². The molecule has 0 saturated heterocycles. The van der Waals surface area contributed by atoms with Crippen LogP contribution in [0.1, 0.15) is 30.6 Å². The standard InChI is InChI=1S/C14H22FN3O/c1-4-10(2)18(3)9-8-17-14(19)11-6-5-7-12(15)13(11)16/h5-7,10H,4,8-9,16H2,1-3H3,(H,17,19). The van der Waals surface area contributed by atoms with Crippen molar-refractivity contribution in [3.05, 3.63) is 29.6 Å². The molecule has 19 heavy (non-hydrogen) atoms. The Morgan fingerprint density at radius 2 is 2.21 bits per heavy atom. The van der Waals surface area contributed by atoms with Crippen molar-refractivity contribution in [3.63, 3.8) is 0 Å². The summed E-state index contributed by atoms with van der Waals surface area (Å²) >= 11 is 0. The molecule has 0 aliphatic carbocycles. The molecule has 0 saturated carbocycles. The number of carbonyl (C=O) groups is 1. The van der Waals surface area contributed by atoms with E-state index in [9.17, 15) is 9.18 Å². The summed E-state index contributed by atoms with van der Waals surface area (Å²) in [5.74, 6) is -0.904. The molecule has 1 rings (SSSR count). The number of hydrogen-bond acceptors (Lipinski definition) is 3. The summed E-state index contributed by atoms with van der Waals surface area (Å²) < 4.78 is 13.2. The molecule has 1 atom stereocenters. The Kier molecular flexibility index (Phi) is 5.76. The fraction of sp³-hybridized carbons (Fsp3) is 0.500. The molecule has 0 aliphatic heterocycles. The topological polar surface area (TPSA) is 58.4 Å². The van der Waals surface area contributed by atoms with Crippen LogP contribution in [-0.4, -0.2) is 37.0 Å². The third kappa shape index (κ3) is 4.21. The van der Waals surface area contributed by atoms with Crippen molar-refractivity contribution in [1.82, 2.24) is 10.2 Å². The maximum atomic E-state index is 13.2. The predicted molar refractivity (Wildman–Crippen MR) is 75.5 cm³/mol. The van der Waals surface area contributed by atoms with Crippen molar-refractivity contribution in [2.75, 3.05) is 25.9 Å². The molecule has 106 valence electrons. The maximum Gasteiger partial charge on any atom is 0.253 e. The van der Waals surface area contributed by atoms with Gasteiger partial charge in [-0.3, -0.25) is 4.79 Å². The van der Waals surface area contributed by atoms with Gasteiger partial charge in [-0.2, -0.15) is 0 Å². The Morgan fingerprint density at radius 3 is 2.84 bits per heavy atom. The minimum atomic E-state index is -0.565. The molecular weight excluding hydrogens is 245 g/mol. The number of nitrogens with zero attached hydrogens (tertiary/aromatic N) is 1. The van der Waals surface area contributed by atoms with E-state index < -0.39 is 5.82 Å². The van der Waals surface area contributed by atoms with E-state index in [0.717, 1.165) is 13.0 Å². The van der Waals surface area contributed by atoms with Crippen molar-refractivity contribution in [3.8, 4) is 0 Å². The summed E-state index contributed by atoms with van der Waals surface area (Å²) in [4.78, 5) is 14.0. The van der Waals surface area contributed by atoms with Gasteiger partial charge in [-0.15, -0.1) is 0 Å². The molecule has 0 aromatic heterocycles. The predicted octanol–water partition coefficient (Wildman–Crippen LogP) is 1.87. The number of anilines is 1. The second-order valence-electron chi connectivity index (χ2n) is 4.69. The number of nitrogens with one attached hydrogen (secondary N) is 1. The van der Waals surface area contributed by atoms with Gasteiger partial charge in [0.05, 0.1) is 11.3 Å². The highest BCUT2D eigenvalue weighted by atomic mass is 19.1. The van der Waals surface area contributed by atoms with E-state index >= 15 is 0 Å². The SMILES string of the molecule is CCC(C)N(C)CCNC(=O)c1cccc(F)c1N. The number of nitrogens with two attached hydrogens (primary N) is 1. The Bertz CT molecular complexity index is 437. The molecule has 1 aromatic carbocycles. The Balaban J connectivity index is 2.50. The summed E-state index contributed by atoms with van der Waals surface area (Å²) in [5.41, 5.74) is 5.62. The zero-order valence-electron chi connectivity index (χ0n) is 11.7. The molecule has 0 spiro atoms. The number of benzene rings is 1. The smallest absolute Gasteiger partial charge is 0.253 e. The van der Waals surface area contributed by atoms with E-state index in [1.54, 1.807) is 0 Å². The van der Waals surface area contributed by atoms with Crippen LogP contribution in [0.5, 0.6) is 0 Å². The van der Waals surface area contributed by atoms with Crippen LogP contribution in [0.4, 0.5) is 10.1 Å². The molecule has 5 heteroatoms. The van der Waals surface area contributed by atoms with Gasteiger partial charge in [0.1, 0.15) is 5.82 Å². The summed E-state index contributed by atoms with van der Waals surface area (Å²) in [5, 5.41) is 2.75. The normalized spacial score (nSPS) is 12.5. The largest absolute Gasteiger partial charge is 0.396 e. The van der Waals surface area contributed by atoms with Gasteiger partial charge in [0, 0.05) is 19.1 Å². The number of hydrogen-bond donors (Lipinski definition) is 2. The van der Waals surface area contributed by atoms with Gasteiger partial charge in [-0.1, -0.05) is 13.0 Å². The molecule has 1 unspecified atom stereocenters. The lowest BCUT2D eigenvalue weighted by molar-refractivity contribution is 0.0948. The summed E-state index contributed by atoms with van der Waals surface area (Å²) in [6.07, 6.45) is 1.06. The van der Waals surface area contributed by atoms with Crippen LogP contribution in [0, 0.1) is 5.82 Å². The van der Waals surface area contributed by atoms with Crippen LogP contribution in [-0.2, 0) is 0 Å². The Labute approximate surface area is 113 Å². The van der Waals surface area contributed by atoms with Gasteiger partial charge in [-0.05, 0) is 32.5 Å². The minimum Gasteiger partial charge on any atom is -0.396 e. The van der Waals surface area contributed by atoms with Crippen molar-refractivity contribution in [2.45, 2.75) is 26.3 Å². The molecule has 1 amide bonds.